The van der Waals surface area contributed by atoms with E-state index in [1.807, 2.05) is 19.2 Å². The molecule has 3 heterocycles. The van der Waals surface area contributed by atoms with Gasteiger partial charge in [0.2, 0.25) is 0 Å². The number of hydrogen-bond donors (Lipinski definition) is 1. The fourth-order valence-electron chi connectivity index (χ4n) is 2.58. The highest BCUT2D eigenvalue weighted by Crippen LogP contribution is 2.15. The standard InChI is InChI=1S/C15H20N4O2/c1-18-12(6-7-17-18)10-16-15(20)14-5-4-13(21-14)11-19-8-2-3-9-19/h4-7H,2-3,8-11H2,1H3,(H,16,20). The Hall–Kier alpha value is -2.08. The summed E-state index contributed by atoms with van der Waals surface area (Å²) in [6.07, 6.45) is 4.21. The second kappa shape index (κ2) is 6.13. The van der Waals surface area contributed by atoms with Gasteiger partial charge in [-0.2, -0.15) is 5.10 Å². The van der Waals surface area contributed by atoms with Gasteiger partial charge in [-0.15, -0.1) is 0 Å². The Balaban J connectivity index is 1.55. The van der Waals surface area contributed by atoms with Gasteiger partial charge >= 0.3 is 0 Å². The van der Waals surface area contributed by atoms with Crippen LogP contribution >= 0.6 is 0 Å². The van der Waals surface area contributed by atoms with Gasteiger partial charge < -0.3 is 9.73 Å². The van der Waals surface area contributed by atoms with Gasteiger partial charge in [0, 0.05) is 13.2 Å². The van der Waals surface area contributed by atoms with Gasteiger partial charge in [0.15, 0.2) is 5.76 Å². The summed E-state index contributed by atoms with van der Waals surface area (Å²) >= 11 is 0. The molecule has 1 fully saturated rings. The molecule has 3 rings (SSSR count). The van der Waals surface area contributed by atoms with Crippen molar-refractivity contribution in [1.29, 1.82) is 0 Å². The number of carbonyl (C=O) groups excluding carboxylic acids is 1. The summed E-state index contributed by atoms with van der Waals surface area (Å²) in [5.41, 5.74) is 0.951. The van der Waals surface area contributed by atoms with Crippen molar-refractivity contribution in [3.8, 4) is 0 Å². The van der Waals surface area contributed by atoms with E-state index in [0.717, 1.165) is 31.1 Å². The number of furan rings is 1. The summed E-state index contributed by atoms with van der Waals surface area (Å²) in [5.74, 6) is 1.03. The lowest BCUT2D eigenvalue weighted by Crippen LogP contribution is -2.23. The summed E-state index contributed by atoms with van der Waals surface area (Å²) in [4.78, 5) is 14.4. The molecule has 0 saturated carbocycles. The summed E-state index contributed by atoms with van der Waals surface area (Å²) in [5, 5.41) is 6.91. The van der Waals surface area contributed by atoms with Crippen molar-refractivity contribution in [2.45, 2.75) is 25.9 Å². The Labute approximate surface area is 123 Å². The van der Waals surface area contributed by atoms with E-state index in [4.69, 9.17) is 4.42 Å². The second-order valence-electron chi connectivity index (χ2n) is 5.38. The lowest BCUT2D eigenvalue weighted by Gasteiger charge is -2.11. The minimum atomic E-state index is -0.191. The lowest BCUT2D eigenvalue weighted by molar-refractivity contribution is 0.0919. The Kier molecular flexibility index (Phi) is 4.06. The van der Waals surface area contributed by atoms with Gasteiger partial charge in [-0.05, 0) is 44.1 Å². The zero-order chi connectivity index (χ0) is 14.7. The molecule has 0 spiro atoms. The van der Waals surface area contributed by atoms with Crippen molar-refractivity contribution in [2.75, 3.05) is 13.1 Å². The summed E-state index contributed by atoms with van der Waals surface area (Å²) in [6.45, 7) is 3.46. The van der Waals surface area contributed by atoms with Crippen LogP contribution < -0.4 is 5.32 Å². The van der Waals surface area contributed by atoms with E-state index in [-0.39, 0.29) is 5.91 Å². The number of hydrogen-bond acceptors (Lipinski definition) is 4. The number of likely N-dealkylation sites (tertiary alicyclic amines) is 1. The molecule has 1 N–H and O–H groups in total. The van der Waals surface area contributed by atoms with Crippen LogP contribution in [0.2, 0.25) is 0 Å². The fourth-order valence-corrected chi connectivity index (χ4v) is 2.58. The van der Waals surface area contributed by atoms with E-state index in [1.54, 1.807) is 16.9 Å². The molecule has 1 aliphatic rings. The van der Waals surface area contributed by atoms with Crippen molar-refractivity contribution in [2.24, 2.45) is 7.05 Å². The highest BCUT2D eigenvalue weighted by Gasteiger charge is 2.16. The largest absolute Gasteiger partial charge is 0.455 e. The third-order valence-electron chi connectivity index (χ3n) is 3.82. The summed E-state index contributed by atoms with van der Waals surface area (Å²) in [6, 6.07) is 5.50. The first-order valence-corrected chi connectivity index (χ1v) is 7.28. The SMILES string of the molecule is Cn1nccc1CNC(=O)c1ccc(CN2CCCC2)o1. The van der Waals surface area contributed by atoms with Crippen LogP contribution in [0.1, 0.15) is 34.9 Å². The average molecular weight is 288 g/mol. The number of nitrogens with zero attached hydrogens (tertiary/aromatic N) is 3. The molecule has 0 bridgehead atoms. The zero-order valence-corrected chi connectivity index (χ0v) is 12.2. The maximum atomic E-state index is 12.1. The van der Waals surface area contributed by atoms with Gasteiger partial charge in [-0.25, -0.2) is 0 Å². The highest BCUT2D eigenvalue weighted by molar-refractivity contribution is 5.91. The van der Waals surface area contributed by atoms with Crippen LogP contribution in [0.4, 0.5) is 0 Å². The lowest BCUT2D eigenvalue weighted by atomic mass is 10.3. The molecule has 2 aromatic heterocycles. The van der Waals surface area contributed by atoms with Gasteiger partial charge in [0.25, 0.3) is 5.91 Å². The molecular weight excluding hydrogens is 268 g/mol. The van der Waals surface area contributed by atoms with Crippen LogP contribution in [0.25, 0.3) is 0 Å². The molecule has 0 atom stereocenters. The van der Waals surface area contributed by atoms with Crippen LogP contribution in [-0.4, -0.2) is 33.7 Å². The second-order valence-corrected chi connectivity index (χ2v) is 5.38. The number of nitrogens with one attached hydrogen (secondary N) is 1. The Morgan fingerprint density at radius 1 is 1.33 bits per heavy atom. The molecule has 6 heteroatoms. The van der Waals surface area contributed by atoms with E-state index in [0.29, 0.717) is 12.3 Å². The first-order chi connectivity index (χ1) is 10.2. The molecule has 6 nitrogen and oxygen atoms in total. The van der Waals surface area contributed by atoms with Crippen LogP contribution in [0, 0.1) is 0 Å². The molecule has 1 aliphatic heterocycles. The molecule has 1 saturated heterocycles. The molecule has 112 valence electrons. The molecule has 0 aromatic carbocycles. The van der Waals surface area contributed by atoms with Gasteiger partial charge in [0.05, 0.1) is 18.8 Å². The molecule has 21 heavy (non-hydrogen) atoms. The van der Waals surface area contributed by atoms with Crippen LogP contribution in [0.15, 0.2) is 28.8 Å². The third-order valence-corrected chi connectivity index (χ3v) is 3.82. The normalized spacial score (nSPS) is 15.5. The van der Waals surface area contributed by atoms with Crippen LogP contribution in [-0.2, 0) is 20.1 Å². The monoisotopic (exact) mass is 288 g/mol. The maximum absolute atomic E-state index is 12.1. The molecule has 1 amide bonds. The van der Waals surface area contributed by atoms with E-state index in [9.17, 15) is 4.79 Å². The topological polar surface area (TPSA) is 63.3 Å². The molecule has 0 radical (unpaired) electrons. The predicted octanol–water partition coefficient (Wildman–Crippen LogP) is 1.54. The number of carbonyl (C=O) groups is 1. The van der Waals surface area contributed by atoms with E-state index in [1.165, 1.54) is 12.8 Å². The van der Waals surface area contributed by atoms with E-state index >= 15 is 0 Å². The third kappa shape index (κ3) is 3.33. The minimum Gasteiger partial charge on any atom is -0.455 e. The van der Waals surface area contributed by atoms with Gasteiger partial charge in [0.1, 0.15) is 5.76 Å². The van der Waals surface area contributed by atoms with Crippen molar-refractivity contribution in [3.05, 3.63) is 41.6 Å². The zero-order valence-electron chi connectivity index (χ0n) is 12.2. The number of aromatic nitrogens is 2. The first-order valence-electron chi connectivity index (χ1n) is 7.28. The Morgan fingerprint density at radius 2 is 2.14 bits per heavy atom. The summed E-state index contributed by atoms with van der Waals surface area (Å²) in [7, 11) is 1.85. The quantitative estimate of drug-likeness (QED) is 0.906. The van der Waals surface area contributed by atoms with E-state index < -0.39 is 0 Å². The van der Waals surface area contributed by atoms with Crippen molar-refractivity contribution in [3.63, 3.8) is 0 Å². The average Bonchev–Trinajstić information content (AvgIpc) is 3.19. The molecular formula is C15H20N4O2. The first kappa shape index (κ1) is 13.9. The number of rotatable bonds is 5. The Morgan fingerprint density at radius 3 is 2.86 bits per heavy atom. The van der Waals surface area contributed by atoms with Crippen molar-refractivity contribution < 1.29 is 9.21 Å². The highest BCUT2D eigenvalue weighted by atomic mass is 16.4. The van der Waals surface area contributed by atoms with Gasteiger partial charge in [-0.3, -0.25) is 14.4 Å². The molecule has 2 aromatic rings. The van der Waals surface area contributed by atoms with Crippen molar-refractivity contribution >= 4 is 5.91 Å². The predicted molar refractivity (Wildman–Crippen MR) is 77.6 cm³/mol. The smallest absolute Gasteiger partial charge is 0.287 e. The maximum Gasteiger partial charge on any atom is 0.287 e. The Bertz CT molecular complexity index is 611. The number of amides is 1. The summed E-state index contributed by atoms with van der Waals surface area (Å²) < 4.78 is 7.37. The van der Waals surface area contributed by atoms with E-state index in [2.05, 4.69) is 15.3 Å². The van der Waals surface area contributed by atoms with Gasteiger partial charge in [-0.1, -0.05) is 0 Å². The minimum absolute atomic E-state index is 0.191. The van der Waals surface area contributed by atoms with Crippen LogP contribution in [0.5, 0.6) is 0 Å². The molecule has 0 aliphatic carbocycles. The molecule has 0 unspecified atom stereocenters. The van der Waals surface area contributed by atoms with Crippen molar-refractivity contribution in [1.82, 2.24) is 20.0 Å². The fraction of sp³-hybridized carbons (Fsp3) is 0.467. The number of aryl methyl sites for hydroxylation is 1. The van der Waals surface area contributed by atoms with Crippen LogP contribution in [0.3, 0.4) is 0 Å².